The Bertz CT molecular complexity index is 1550. The van der Waals surface area contributed by atoms with Crippen LogP contribution in [0.4, 0.5) is 11.4 Å². The van der Waals surface area contributed by atoms with Gasteiger partial charge in [-0.05, 0) is 68.2 Å². The Labute approximate surface area is 226 Å². The van der Waals surface area contributed by atoms with Crippen LogP contribution in [0.2, 0.25) is 0 Å². The molecule has 0 amide bonds. The fraction of sp³-hybridized carbons (Fsp3) is 0.233. The summed E-state index contributed by atoms with van der Waals surface area (Å²) in [5.41, 5.74) is 8.14. The summed E-state index contributed by atoms with van der Waals surface area (Å²) < 4.78 is 6.68. The molecule has 0 saturated carbocycles. The highest BCUT2D eigenvalue weighted by Gasteiger charge is 2.11. The number of ether oxygens (including phenoxy) is 1. The van der Waals surface area contributed by atoms with Gasteiger partial charge in [0.15, 0.2) is 0 Å². The lowest BCUT2D eigenvalue weighted by atomic mass is 10.00. The van der Waals surface area contributed by atoms with Gasteiger partial charge in [0.25, 0.3) is 0 Å². The normalized spacial score (nSPS) is 14.2. The number of aromatic nitrogens is 2. The zero-order valence-electron chi connectivity index (χ0n) is 21.8. The van der Waals surface area contributed by atoms with E-state index in [0.29, 0.717) is 11.3 Å². The molecule has 0 radical (unpaired) electrons. The van der Waals surface area contributed by atoms with Crippen LogP contribution in [-0.4, -0.2) is 73.4 Å². The van der Waals surface area contributed by atoms with Crippen molar-refractivity contribution in [3.63, 3.8) is 0 Å². The maximum absolute atomic E-state index is 11.1. The first-order chi connectivity index (χ1) is 18.5. The van der Waals surface area contributed by atoms with E-state index >= 15 is 0 Å². The molecule has 194 valence electrons. The van der Waals surface area contributed by atoms with Crippen molar-refractivity contribution >= 4 is 50.1 Å². The lowest BCUT2D eigenvalue weighted by molar-refractivity contribution is 0.112. The number of thiazole rings is 1. The van der Waals surface area contributed by atoms with E-state index in [0.717, 1.165) is 49.9 Å². The number of benzene rings is 3. The van der Waals surface area contributed by atoms with Crippen molar-refractivity contribution < 1.29 is 9.53 Å². The number of rotatable bonds is 5. The van der Waals surface area contributed by atoms with Gasteiger partial charge in [-0.1, -0.05) is 12.1 Å². The van der Waals surface area contributed by atoms with Crippen LogP contribution < -0.4 is 10.1 Å². The van der Waals surface area contributed by atoms with E-state index in [9.17, 15) is 4.79 Å². The Kier molecular flexibility index (Phi) is 7.93. The van der Waals surface area contributed by atoms with Gasteiger partial charge >= 0.3 is 0 Å². The highest BCUT2D eigenvalue weighted by atomic mass is 32.1. The number of aldehydes is 1. The number of anilines is 2. The molecule has 8 heteroatoms. The SMILES string of the molecule is CN1CCN(C)CC1.COc1cc(C=O)ccc1-c1ccc2nccc(Nc3ccc4scnc4c3)c2c1. The molecule has 2 aromatic heterocycles. The van der Waals surface area contributed by atoms with Crippen molar-refractivity contribution in [2.24, 2.45) is 0 Å². The summed E-state index contributed by atoms with van der Waals surface area (Å²) in [7, 11) is 5.96. The summed E-state index contributed by atoms with van der Waals surface area (Å²) >= 11 is 1.63. The molecule has 7 nitrogen and oxygen atoms in total. The summed E-state index contributed by atoms with van der Waals surface area (Å²) in [6.45, 7) is 4.93. The lowest BCUT2D eigenvalue weighted by Crippen LogP contribution is -2.42. The Morgan fingerprint density at radius 1 is 0.895 bits per heavy atom. The lowest BCUT2D eigenvalue weighted by Gasteiger charge is -2.28. The van der Waals surface area contributed by atoms with Crippen molar-refractivity contribution in [3.05, 3.63) is 77.9 Å². The molecule has 0 unspecified atom stereocenters. The maximum atomic E-state index is 11.1. The fourth-order valence-corrected chi connectivity index (χ4v) is 5.10. The largest absolute Gasteiger partial charge is 0.496 e. The van der Waals surface area contributed by atoms with E-state index in [1.165, 1.54) is 26.2 Å². The van der Waals surface area contributed by atoms with Crippen LogP contribution in [0.1, 0.15) is 10.4 Å². The van der Waals surface area contributed by atoms with Gasteiger partial charge in [-0.25, -0.2) is 4.98 Å². The average molecular weight is 526 g/mol. The second-order valence-electron chi connectivity index (χ2n) is 9.43. The van der Waals surface area contributed by atoms with E-state index in [1.807, 2.05) is 35.8 Å². The number of carbonyl (C=O) groups is 1. The summed E-state index contributed by atoms with van der Waals surface area (Å²) in [5.74, 6) is 0.659. The third-order valence-electron chi connectivity index (χ3n) is 6.75. The minimum atomic E-state index is 0.581. The predicted octanol–water partition coefficient (Wildman–Crippen LogP) is 5.94. The third-order valence-corrected chi connectivity index (χ3v) is 7.56. The van der Waals surface area contributed by atoms with Crippen molar-refractivity contribution in [2.45, 2.75) is 0 Å². The third kappa shape index (κ3) is 5.83. The standard InChI is InChI=1S/C24H17N3O2S.C6H14N2/c1-29-23-10-15(13-28)2-5-18(23)16-3-6-20-19(11-16)21(8-9-25-20)27-17-4-7-24-22(12-17)26-14-30-24;1-7-3-5-8(2)6-4-7/h2-14H,1H3,(H,25,27);3-6H2,1-2H3. The zero-order chi connectivity index (χ0) is 26.5. The summed E-state index contributed by atoms with van der Waals surface area (Å²) in [6, 6.07) is 19.7. The van der Waals surface area contributed by atoms with Gasteiger partial charge in [0, 0.05) is 60.3 Å². The maximum Gasteiger partial charge on any atom is 0.150 e. The Balaban J connectivity index is 0.000000316. The molecule has 1 saturated heterocycles. The van der Waals surface area contributed by atoms with Crippen LogP contribution in [0, 0.1) is 0 Å². The zero-order valence-corrected chi connectivity index (χ0v) is 22.7. The fourth-order valence-electron chi connectivity index (χ4n) is 4.44. The van der Waals surface area contributed by atoms with Crippen LogP contribution in [0.25, 0.3) is 32.2 Å². The molecule has 1 N–H and O–H groups in total. The van der Waals surface area contributed by atoms with Gasteiger partial charge < -0.3 is 19.9 Å². The Morgan fingerprint density at radius 2 is 1.68 bits per heavy atom. The van der Waals surface area contributed by atoms with Crippen LogP contribution in [-0.2, 0) is 0 Å². The van der Waals surface area contributed by atoms with E-state index in [1.54, 1.807) is 36.8 Å². The minimum Gasteiger partial charge on any atom is -0.496 e. The summed E-state index contributed by atoms with van der Waals surface area (Å²) in [4.78, 5) is 24.7. The first-order valence-corrected chi connectivity index (χ1v) is 13.4. The highest BCUT2D eigenvalue weighted by molar-refractivity contribution is 7.16. The van der Waals surface area contributed by atoms with Crippen LogP contribution in [0.5, 0.6) is 5.75 Å². The highest BCUT2D eigenvalue weighted by Crippen LogP contribution is 2.35. The molecule has 6 rings (SSSR count). The van der Waals surface area contributed by atoms with E-state index in [4.69, 9.17) is 4.74 Å². The number of piperazine rings is 1. The molecule has 5 aromatic rings. The molecule has 0 atom stereocenters. The predicted molar refractivity (Wildman–Crippen MR) is 157 cm³/mol. The van der Waals surface area contributed by atoms with Gasteiger partial charge in [0.05, 0.1) is 28.4 Å². The second-order valence-corrected chi connectivity index (χ2v) is 10.3. The molecule has 3 aromatic carbocycles. The van der Waals surface area contributed by atoms with E-state index in [2.05, 4.69) is 57.4 Å². The number of fused-ring (bicyclic) bond motifs is 2. The van der Waals surface area contributed by atoms with Gasteiger partial charge in [-0.3, -0.25) is 9.78 Å². The Morgan fingerprint density at radius 3 is 2.42 bits per heavy atom. The molecule has 0 spiro atoms. The number of hydrogen-bond acceptors (Lipinski definition) is 8. The minimum absolute atomic E-state index is 0.581. The number of hydrogen-bond donors (Lipinski definition) is 1. The second kappa shape index (κ2) is 11.7. The molecule has 3 heterocycles. The molecule has 0 aliphatic carbocycles. The molecule has 0 bridgehead atoms. The average Bonchev–Trinajstić information content (AvgIpc) is 3.43. The van der Waals surface area contributed by atoms with E-state index in [-0.39, 0.29) is 0 Å². The van der Waals surface area contributed by atoms with Crippen molar-refractivity contribution in [1.82, 2.24) is 19.8 Å². The summed E-state index contributed by atoms with van der Waals surface area (Å²) in [6.07, 6.45) is 2.61. The van der Waals surface area contributed by atoms with Crippen LogP contribution >= 0.6 is 11.3 Å². The van der Waals surface area contributed by atoms with Gasteiger partial charge in [-0.15, -0.1) is 11.3 Å². The van der Waals surface area contributed by atoms with Crippen molar-refractivity contribution in [2.75, 3.05) is 52.7 Å². The molecular weight excluding hydrogens is 494 g/mol. The Hall–Kier alpha value is -3.85. The first-order valence-electron chi connectivity index (χ1n) is 12.5. The van der Waals surface area contributed by atoms with Gasteiger partial charge in [-0.2, -0.15) is 0 Å². The van der Waals surface area contributed by atoms with Gasteiger partial charge in [0.1, 0.15) is 12.0 Å². The van der Waals surface area contributed by atoms with Crippen molar-refractivity contribution in [1.29, 1.82) is 0 Å². The monoisotopic (exact) mass is 525 g/mol. The van der Waals surface area contributed by atoms with E-state index < -0.39 is 0 Å². The topological polar surface area (TPSA) is 70.6 Å². The summed E-state index contributed by atoms with van der Waals surface area (Å²) in [5, 5.41) is 4.50. The quantitative estimate of drug-likeness (QED) is 0.285. The molecule has 38 heavy (non-hydrogen) atoms. The number of carbonyl (C=O) groups excluding carboxylic acids is 1. The molecule has 1 fully saturated rings. The first kappa shape index (κ1) is 25.8. The molecule has 1 aliphatic rings. The number of nitrogens with one attached hydrogen (secondary N) is 1. The van der Waals surface area contributed by atoms with Crippen molar-refractivity contribution in [3.8, 4) is 16.9 Å². The molecular formula is C30H31N5O2S. The number of likely N-dealkylation sites (N-methyl/N-ethyl adjacent to an activating group) is 2. The number of nitrogens with zero attached hydrogens (tertiary/aromatic N) is 4. The number of pyridine rings is 1. The number of methoxy groups -OCH3 is 1. The van der Waals surface area contributed by atoms with Crippen LogP contribution in [0.3, 0.4) is 0 Å². The smallest absolute Gasteiger partial charge is 0.150 e. The van der Waals surface area contributed by atoms with Gasteiger partial charge in [0.2, 0.25) is 0 Å². The van der Waals surface area contributed by atoms with Crippen LogP contribution in [0.15, 0.2) is 72.4 Å². The molecule has 1 aliphatic heterocycles.